The fraction of sp³-hybridized carbons (Fsp3) is 0.630. The van der Waals surface area contributed by atoms with Crippen molar-refractivity contribution in [3.05, 3.63) is 69.8 Å². The maximum Gasteiger partial charge on any atom is 0.514 e. The number of likely N-dealkylation sites (N-methyl/N-ethyl adjacent to an activating group) is 2. The average Bonchev–Trinajstić information content (AvgIpc) is 3.65. The van der Waals surface area contributed by atoms with Gasteiger partial charge in [0.15, 0.2) is 0 Å². The van der Waals surface area contributed by atoms with E-state index in [0.29, 0.717) is 6.42 Å². The number of benzene rings is 2. The van der Waals surface area contributed by atoms with Crippen LogP contribution in [0.4, 0.5) is 19.3 Å². The zero-order valence-electron chi connectivity index (χ0n) is 39.7. The lowest BCUT2D eigenvalue weighted by Gasteiger charge is -2.41. The molecule has 0 aromatic heterocycles. The van der Waals surface area contributed by atoms with Gasteiger partial charge in [0.05, 0.1) is 54.1 Å². The van der Waals surface area contributed by atoms with Crippen LogP contribution in [0.3, 0.4) is 0 Å². The first-order chi connectivity index (χ1) is 30.6. The number of halogens is 2. The molecule has 9 atom stereocenters. The summed E-state index contributed by atoms with van der Waals surface area (Å²) in [5.74, 6) is -4.58. The molecular weight excluding hydrogens is 851 g/mol. The molecule has 0 saturated carbocycles. The van der Waals surface area contributed by atoms with E-state index in [1.165, 1.54) is 37.3 Å². The van der Waals surface area contributed by atoms with Crippen LogP contribution in [-0.4, -0.2) is 140 Å². The molecule has 65 heavy (non-hydrogen) atoms. The van der Waals surface area contributed by atoms with Crippen molar-refractivity contribution in [3.8, 4) is 5.75 Å². The number of non-ortho nitro benzene ring substituents is 1. The molecule has 2 aromatic rings. The number of likely N-dealkylation sites (tertiary alicyclic amines) is 1. The van der Waals surface area contributed by atoms with Crippen LogP contribution >= 0.6 is 0 Å². The highest BCUT2D eigenvalue weighted by Gasteiger charge is 2.47. The van der Waals surface area contributed by atoms with Crippen LogP contribution in [-0.2, 0) is 39.8 Å². The molecule has 0 bridgehead atoms. The summed E-state index contributed by atoms with van der Waals surface area (Å²) < 4.78 is 51.5. The number of amides is 4. The first-order valence-electron chi connectivity index (χ1n) is 22.0. The standard InChI is InChI=1S/C46H68F2N6O11/c1-13-28(6)41(52(10)45(58)39(26(2)3)50-44(57)40(27(4)5)51(8)9)37(62-11)24-38(55)53-25-32(65-46(59)64-31-19-17-30(18-20-31)54(60)61)23-36(53)42(63-12)29(7)43(56)49-22-21-33-34(47)15-14-16-35(33)48/h14-20,26-29,32,36-37,39-42H,13,21-25H2,1-12H3,(H,49,56)(H,50,57)/t28-,29+,32-,36-,37+,39-,40-,41-,42+/m0/s1. The van der Waals surface area contributed by atoms with Gasteiger partial charge in [-0.2, -0.15) is 0 Å². The van der Waals surface area contributed by atoms with Crippen molar-refractivity contribution in [2.24, 2.45) is 23.7 Å². The third-order valence-electron chi connectivity index (χ3n) is 12.2. The summed E-state index contributed by atoms with van der Waals surface area (Å²) in [6.07, 6.45) is -3.72. The minimum Gasteiger partial charge on any atom is -0.429 e. The number of methoxy groups -OCH3 is 2. The second-order valence-corrected chi connectivity index (χ2v) is 17.6. The Morgan fingerprint density at radius 1 is 0.908 bits per heavy atom. The molecule has 362 valence electrons. The molecule has 3 rings (SSSR count). The van der Waals surface area contributed by atoms with E-state index in [2.05, 4.69) is 10.6 Å². The van der Waals surface area contributed by atoms with Crippen LogP contribution in [0, 0.1) is 45.4 Å². The predicted molar refractivity (Wildman–Crippen MR) is 238 cm³/mol. The van der Waals surface area contributed by atoms with Crippen molar-refractivity contribution in [1.82, 2.24) is 25.3 Å². The van der Waals surface area contributed by atoms with E-state index in [4.69, 9.17) is 18.9 Å². The number of hydrogen-bond donors (Lipinski definition) is 2. The molecule has 1 aliphatic rings. The van der Waals surface area contributed by atoms with E-state index in [9.17, 15) is 42.9 Å². The SMILES string of the molecule is CC[C@H](C)[C@@H]([C@@H](CC(=O)N1C[C@@H](OC(=O)Oc2ccc([N+](=O)[O-])cc2)C[C@H]1[C@H](OC)[C@@H](C)C(=O)NCCc1c(F)cccc1F)OC)N(C)C(=O)[C@@H](NC(=O)[C@H](C(C)C)N(C)C)C(C)C. The van der Waals surface area contributed by atoms with Crippen molar-refractivity contribution in [3.63, 3.8) is 0 Å². The van der Waals surface area contributed by atoms with Crippen LogP contribution in [0.5, 0.6) is 5.75 Å². The van der Waals surface area contributed by atoms with Gasteiger partial charge in [-0.05, 0) is 62.5 Å². The minimum absolute atomic E-state index is 0.00256. The largest absolute Gasteiger partial charge is 0.514 e. The number of nitro benzene ring substituents is 1. The zero-order chi connectivity index (χ0) is 48.9. The second-order valence-electron chi connectivity index (χ2n) is 17.6. The monoisotopic (exact) mass is 918 g/mol. The summed E-state index contributed by atoms with van der Waals surface area (Å²) >= 11 is 0. The Kier molecular flexibility index (Phi) is 20.7. The number of carbonyl (C=O) groups is 5. The Morgan fingerprint density at radius 2 is 1.52 bits per heavy atom. The zero-order valence-corrected chi connectivity index (χ0v) is 39.7. The predicted octanol–water partition coefficient (Wildman–Crippen LogP) is 5.37. The topological polar surface area (TPSA) is 199 Å². The van der Waals surface area contributed by atoms with Gasteiger partial charge in [0.25, 0.3) is 5.69 Å². The highest BCUT2D eigenvalue weighted by atomic mass is 19.1. The highest BCUT2D eigenvalue weighted by Crippen LogP contribution is 2.32. The maximum atomic E-state index is 14.7. The Morgan fingerprint density at radius 3 is 2.03 bits per heavy atom. The quantitative estimate of drug-likeness (QED) is 0.0626. The van der Waals surface area contributed by atoms with Gasteiger partial charge in [0.2, 0.25) is 23.6 Å². The molecule has 1 saturated heterocycles. The van der Waals surface area contributed by atoms with E-state index in [1.54, 1.807) is 37.9 Å². The number of nitrogens with zero attached hydrogens (tertiary/aromatic N) is 4. The van der Waals surface area contributed by atoms with Crippen LogP contribution in [0.2, 0.25) is 0 Å². The van der Waals surface area contributed by atoms with Crippen molar-refractivity contribution >= 4 is 35.5 Å². The van der Waals surface area contributed by atoms with E-state index in [1.807, 2.05) is 41.5 Å². The molecule has 1 heterocycles. The molecule has 1 fully saturated rings. The average molecular weight is 919 g/mol. The number of rotatable bonds is 23. The Hall–Kier alpha value is -5.27. The molecular formula is C46H68F2N6O11. The van der Waals surface area contributed by atoms with E-state index in [-0.39, 0.29) is 78.9 Å². The van der Waals surface area contributed by atoms with Crippen LogP contribution < -0.4 is 15.4 Å². The summed E-state index contributed by atoms with van der Waals surface area (Å²) in [6, 6.07) is 5.40. The molecule has 19 heteroatoms. The van der Waals surface area contributed by atoms with Gasteiger partial charge in [-0.1, -0.05) is 61.0 Å². The second kappa shape index (κ2) is 24.9. The van der Waals surface area contributed by atoms with E-state index in [0.717, 1.165) is 24.3 Å². The fourth-order valence-electron chi connectivity index (χ4n) is 8.61. The maximum absolute atomic E-state index is 14.7. The van der Waals surface area contributed by atoms with Gasteiger partial charge in [-0.3, -0.25) is 34.2 Å². The summed E-state index contributed by atoms with van der Waals surface area (Å²) in [6.45, 7) is 12.8. The number of carbonyl (C=O) groups excluding carboxylic acids is 5. The van der Waals surface area contributed by atoms with Gasteiger partial charge in [0.1, 0.15) is 29.5 Å². The first kappa shape index (κ1) is 54.1. The summed E-state index contributed by atoms with van der Waals surface area (Å²) in [5, 5.41) is 16.8. The molecule has 4 amide bonds. The van der Waals surface area contributed by atoms with E-state index < -0.39 is 82.9 Å². The third kappa shape index (κ3) is 14.4. The van der Waals surface area contributed by atoms with Crippen molar-refractivity contribution < 1.29 is 56.6 Å². The van der Waals surface area contributed by atoms with Crippen molar-refractivity contribution in [2.45, 2.75) is 117 Å². The Labute approximate surface area is 381 Å². The molecule has 0 radical (unpaired) electrons. The smallest absolute Gasteiger partial charge is 0.429 e. The lowest BCUT2D eigenvalue weighted by Crippen LogP contribution is -2.59. The van der Waals surface area contributed by atoms with Crippen LogP contribution in [0.1, 0.15) is 73.3 Å². The van der Waals surface area contributed by atoms with E-state index >= 15 is 0 Å². The fourth-order valence-corrected chi connectivity index (χ4v) is 8.61. The molecule has 1 aliphatic heterocycles. The van der Waals surface area contributed by atoms with Gasteiger partial charge in [-0.25, -0.2) is 13.6 Å². The molecule has 0 unspecified atom stereocenters. The lowest BCUT2D eigenvalue weighted by molar-refractivity contribution is -0.384. The summed E-state index contributed by atoms with van der Waals surface area (Å²) in [4.78, 5) is 84.5. The molecule has 17 nitrogen and oxygen atoms in total. The summed E-state index contributed by atoms with van der Waals surface area (Å²) in [7, 11) is 8.05. The lowest BCUT2D eigenvalue weighted by atomic mass is 9.89. The van der Waals surface area contributed by atoms with Crippen LogP contribution in [0.15, 0.2) is 42.5 Å². The van der Waals surface area contributed by atoms with Gasteiger partial charge >= 0.3 is 6.16 Å². The van der Waals surface area contributed by atoms with Gasteiger partial charge in [0, 0.05) is 51.9 Å². The van der Waals surface area contributed by atoms with Crippen molar-refractivity contribution in [2.75, 3.05) is 48.5 Å². The number of nitrogens with one attached hydrogen (secondary N) is 2. The number of nitro groups is 1. The first-order valence-corrected chi connectivity index (χ1v) is 22.0. The molecule has 2 aromatic carbocycles. The Bertz CT molecular complexity index is 1910. The number of ether oxygens (including phenoxy) is 4. The number of hydrogen-bond acceptors (Lipinski definition) is 12. The molecule has 0 aliphatic carbocycles. The van der Waals surface area contributed by atoms with Crippen LogP contribution in [0.25, 0.3) is 0 Å². The third-order valence-corrected chi connectivity index (χ3v) is 12.2. The molecule has 0 spiro atoms. The van der Waals surface area contributed by atoms with Gasteiger partial charge in [-0.15, -0.1) is 0 Å². The molecule has 2 N–H and O–H groups in total. The minimum atomic E-state index is -1.14. The normalized spacial score (nSPS) is 18.3. The summed E-state index contributed by atoms with van der Waals surface area (Å²) in [5.41, 5.74) is -0.394. The van der Waals surface area contributed by atoms with Gasteiger partial charge < -0.3 is 39.4 Å². The van der Waals surface area contributed by atoms with Crippen molar-refractivity contribution in [1.29, 1.82) is 0 Å². The highest BCUT2D eigenvalue weighted by molar-refractivity contribution is 5.90. The Balaban J connectivity index is 1.92.